The zero-order chi connectivity index (χ0) is 12.5. The molecule has 1 N–H and O–H groups in total. The van der Waals surface area contributed by atoms with Crippen LogP contribution in [0.3, 0.4) is 0 Å². The quantitative estimate of drug-likeness (QED) is 0.864. The van der Waals surface area contributed by atoms with Gasteiger partial charge in [-0.25, -0.2) is 4.98 Å². The Balaban J connectivity index is 2.02. The summed E-state index contributed by atoms with van der Waals surface area (Å²) in [4.78, 5) is 16.3. The SMILES string of the molecule is CC1CCC(O)(C(=O)Cc2nccn2C)CC1. The van der Waals surface area contributed by atoms with Crippen LogP contribution in [0.5, 0.6) is 0 Å². The largest absolute Gasteiger partial charge is 0.382 e. The first kappa shape index (κ1) is 12.3. The fraction of sp³-hybridized carbons (Fsp3) is 0.692. The molecule has 0 unspecified atom stereocenters. The fourth-order valence-electron chi connectivity index (χ4n) is 2.39. The molecule has 4 nitrogen and oxygen atoms in total. The highest BCUT2D eigenvalue weighted by Crippen LogP contribution is 2.33. The summed E-state index contributed by atoms with van der Waals surface area (Å²) in [6, 6.07) is 0. The second kappa shape index (κ2) is 4.61. The molecule has 4 heteroatoms. The first-order valence-electron chi connectivity index (χ1n) is 6.23. The minimum Gasteiger partial charge on any atom is -0.382 e. The van der Waals surface area contributed by atoms with Crippen molar-refractivity contribution in [3.05, 3.63) is 18.2 Å². The van der Waals surface area contributed by atoms with E-state index in [4.69, 9.17) is 0 Å². The monoisotopic (exact) mass is 236 g/mol. The number of hydrogen-bond acceptors (Lipinski definition) is 3. The lowest BCUT2D eigenvalue weighted by atomic mass is 9.76. The maximum Gasteiger partial charge on any atom is 0.171 e. The van der Waals surface area contributed by atoms with Crippen molar-refractivity contribution in [1.29, 1.82) is 0 Å². The third-order valence-corrected chi connectivity index (χ3v) is 3.86. The first-order valence-corrected chi connectivity index (χ1v) is 6.23. The summed E-state index contributed by atoms with van der Waals surface area (Å²) < 4.78 is 1.83. The molecule has 0 radical (unpaired) electrons. The summed E-state index contributed by atoms with van der Waals surface area (Å²) in [5.41, 5.74) is -1.11. The predicted molar refractivity (Wildman–Crippen MR) is 64.5 cm³/mol. The summed E-state index contributed by atoms with van der Waals surface area (Å²) in [5, 5.41) is 10.4. The Labute approximate surface area is 102 Å². The van der Waals surface area contributed by atoms with Crippen molar-refractivity contribution in [2.24, 2.45) is 13.0 Å². The van der Waals surface area contributed by atoms with Crippen LogP contribution in [0.15, 0.2) is 12.4 Å². The van der Waals surface area contributed by atoms with Gasteiger partial charge in [0, 0.05) is 19.4 Å². The molecule has 1 saturated carbocycles. The Morgan fingerprint density at radius 3 is 2.76 bits per heavy atom. The van der Waals surface area contributed by atoms with E-state index in [0.717, 1.165) is 18.7 Å². The number of ketones is 1. The summed E-state index contributed by atoms with van der Waals surface area (Å²) in [7, 11) is 1.86. The number of imidazole rings is 1. The lowest BCUT2D eigenvalue weighted by Crippen LogP contribution is -2.43. The first-order chi connectivity index (χ1) is 8.01. The Bertz CT molecular complexity index is 403. The van der Waals surface area contributed by atoms with Crippen LogP contribution < -0.4 is 0 Å². The molecule has 1 fully saturated rings. The van der Waals surface area contributed by atoms with Gasteiger partial charge in [0.15, 0.2) is 5.78 Å². The predicted octanol–water partition coefficient (Wildman–Crippen LogP) is 1.47. The van der Waals surface area contributed by atoms with Crippen LogP contribution in [0.4, 0.5) is 0 Å². The van der Waals surface area contributed by atoms with Crippen LogP contribution in [0.25, 0.3) is 0 Å². The maximum atomic E-state index is 12.1. The van der Waals surface area contributed by atoms with E-state index in [1.165, 1.54) is 0 Å². The average molecular weight is 236 g/mol. The van der Waals surface area contributed by atoms with Crippen LogP contribution in [-0.2, 0) is 18.3 Å². The zero-order valence-corrected chi connectivity index (χ0v) is 10.5. The molecule has 1 aliphatic rings. The molecule has 1 aromatic heterocycles. The molecular formula is C13H20N2O2. The number of hydrogen-bond donors (Lipinski definition) is 1. The van der Waals surface area contributed by atoms with E-state index in [-0.39, 0.29) is 12.2 Å². The van der Waals surface area contributed by atoms with Crippen molar-refractivity contribution >= 4 is 5.78 Å². The van der Waals surface area contributed by atoms with Crippen molar-refractivity contribution in [2.75, 3.05) is 0 Å². The van der Waals surface area contributed by atoms with Gasteiger partial charge in [-0.1, -0.05) is 6.92 Å². The smallest absolute Gasteiger partial charge is 0.171 e. The molecule has 0 aliphatic heterocycles. The molecule has 17 heavy (non-hydrogen) atoms. The topological polar surface area (TPSA) is 55.1 Å². The van der Waals surface area contributed by atoms with Crippen molar-refractivity contribution in [3.63, 3.8) is 0 Å². The standard InChI is InChI=1S/C13H20N2O2/c1-10-3-5-13(17,6-4-10)11(16)9-12-14-7-8-15(12)2/h7-8,10,17H,3-6,9H2,1-2H3. The van der Waals surface area contributed by atoms with Crippen molar-refractivity contribution in [1.82, 2.24) is 9.55 Å². The lowest BCUT2D eigenvalue weighted by Gasteiger charge is -2.33. The van der Waals surface area contributed by atoms with Gasteiger partial charge in [0.05, 0.1) is 6.42 Å². The third kappa shape index (κ3) is 2.57. The highest BCUT2D eigenvalue weighted by molar-refractivity contribution is 5.88. The van der Waals surface area contributed by atoms with E-state index in [1.54, 1.807) is 6.20 Å². The molecule has 2 rings (SSSR count). The van der Waals surface area contributed by atoms with Crippen molar-refractivity contribution in [2.45, 2.75) is 44.6 Å². The number of rotatable bonds is 3. The summed E-state index contributed by atoms with van der Waals surface area (Å²) in [6.45, 7) is 2.17. The Hall–Kier alpha value is -1.16. The minimum atomic E-state index is -1.11. The van der Waals surface area contributed by atoms with Gasteiger partial charge in [0.2, 0.25) is 0 Å². The fourth-order valence-corrected chi connectivity index (χ4v) is 2.39. The van der Waals surface area contributed by atoms with Gasteiger partial charge in [-0.2, -0.15) is 0 Å². The zero-order valence-electron chi connectivity index (χ0n) is 10.5. The Morgan fingerprint density at radius 1 is 1.59 bits per heavy atom. The highest BCUT2D eigenvalue weighted by atomic mass is 16.3. The molecule has 0 amide bonds. The van der Waals surface area contributed by atoms with Crippen molar-refractivity contribution < 1.29 is 9.90 Å². The number of aliphatic hydroxyl groups is 1. The van der Waals surface area contributed by atoms with E-state index >= 15 is 0 Å². The molecule has 0 atom stereocenters. The van der Waals surface area contributed by atoms with Gasteiger partial charge < -0.3 is 9.67 Å². The van der Waals surface area contributed by atoms with E-state index in [1.807, 2.05) is 17.8 Å². The summed E-state index contributed by atoms with van der Waals surface area (Å²) in [6.07, 6.45) is 6.78. The van der Waals surface area contributed by atoms with E-state index in [2.05, 4.69) is 11.9 Å². The molecule has 1 heterocycles. The molecular weight excluding hydrogens is 216 g/mol. The van der Waals surface area contributed by atoms with Gasteiger partial charge in [-0.3, -0.25) is 4.79 Å². The highest BCUT2D eigenvalue weighted by Gasteiger charge is 2.38. The van der Waals surface area contributed by atoms with Crippen LogP contribution >= 0.6 is 0 Å². The molecule has 1 aliphatic carbocycles. The number of Topliss-reactive ketones (excluding diaryl/α,β-unsaturated/α-hetero) is 1. The Kier molecular flexibility index (Phi) is 3.33. The lowest BCUT2D eigenvalue weighted by molar-refractivity contribution is -0.140. The number of carbonyl (C=O) groups excluding carboxylic acids is 1. The second-order valence-corrected chi connectivity index (χ2v) is 5.27. The van der Waals surface area contributed by atoms with Gasteiger partial charge in [-0.05, 0) is 31.6 Å². The van der Waals surface area contributed by atoms with Crippen LogP contribution in [0, 0.1) is 5.92 Å². The van der Waals surface area contributed by atoms with Crippen molar-refractivity contribution in [3.8, 4) is 0 Å². The number of nitrogens with zero attached hydrogens (tertiary/aromatic N) is 2. The molecule has 0 spiro atoms. The number of aryl methyl sites for hydroxylation is 1. The molecule has 0 bridgehead atoms. The van der Waals surface area contributed by atoms with E-state index in [0.29, 0.717) is 18.8 Å². The molecule has 0 aromatic carbocycles. The maximum absolute atomic E-state index is 12.1. The van der Waals surface area contributed by atoms with Gasteiger partial charge in [-0.15, -0.1) is 0 Å². The third-order valence-electron chi connectivity index (χ3n) is 3.86. The van der Waals surface area contributed by atoms with Crippen LogP contribution in [0.1, 0.15) is 38.4 Å². The van der Waals surface area contributed by atoms with E-state index < -0.39 is 5.60 Å². The summed E-state index contributed by atoms with van der Waals surface area (Å²) >= 11 is 0. The minimum absolute atomic E-state index is 0.0845. The van der Waals surface area contributed by atoms with Crippen LogP contribution in [0.2, 0.25) is 0 Å². The number of carbonyl (C=O) groups is 1. The molecule has 0 saturated heterocycles. The Morgan fingerprint density at radius 2 is 2.24 bits per heavy atom. The molecule has 94 valence electrons. The van der Waals surface area contributed by atoms with Gasteiger partial charge >= 0.3 is 0 Å². The van der Waals surface area contributed by atoms with Gasteiger partial charge in [0.25, 0.3) is 0 Å². The van der Waals surface area contributed by atoms with Gasteiger partial charge in [0.1, 0.15) is 11.4 Å². The molecule has 1 aromatic rings. The van der Waals surface area contributed by atoms with Crippen LogP contribution in [-0.4, -0.2) is 26.0 Å². The second-order valence-electron chi connectivity index (χ2n) is 5.27. The average Bonchev–Trinajstić information content (AvgIpc) is 2.69. The van der Waals surface area contributed by atoms with E-state index in [9.17, 15) is 9.90 Å². The normalized spacial score (nSPS) is 29.2. The number of aromatic nitrogens is 2. The summed E-state index contributed by atoms with van der Waals surface area (Å²) in [5.74, 6) is 1.26.